The molecule has 370 valence electrons. The van der Waals surface area contributed by atoms with E-state index in [1.807, 2.05) is 57.2 Å². The van der Waals surface area contributed by atoms with E-state index < -0.39 is 16.6 Å². The summed E-state index contributed by atoms with van der Waals surface area (Å²) in [6, 6.07) is 22.1. The van der Waals surface area contributed by atoms with Gasteiger partial charge in [0.1, 0.15) is 5.75 Å². The fourth-order valence-electron chi connectivity index (χ4n) is 7.17. The molecule has 4 atom stereocenters. The monoisotopic (exact) mass is 1010 g/mol. The zero-order valence-electron chi connectivity index (χ0n) is 44.2. The molecular formula is C54H72Cl2N6O5Si2. The van der Waals surface area contributed by atoms with Crippen LogP contribution in [0.1, 0.15) is 117 Å². The fourth-order valence-corrected chi connectivity index (χ4v) is 10.5. The molecule has 69 heavy (non-hydrogen) atoms. The van der Waals surface area contributed by atoms with E-state index in [0.29, 0.717) is 57.8 Å². The average Bonchev–Trinajstić information content (AvgIpc) is 3.99. The number of hydrogen-bond donors (Lipinski definition) is 1. The first kappa shape index (κ1) is 54.8. The van der Waals surface area contributed by atoms with E-state index in [2.05, 4.69) is 112 Å². The minimum Gasteiger partial charge on any atom is -0.508 e. The maximum atomic E-state index is 9.58. The number of rotatable bonds is 14. The Morgan fingerprint density at radius 3 is 1.30 bits per heavy atom. The highest BCUT2D eigenvalue weighted by Crippen LogP contribution is 2.43. The Morgan fingerprint density at radius 2 is 0.971 bits per heavy atom. The molecule has 0 bridgehead atoms. The standard InChI is InChI=1S/C27H34ClN3O2Si.C26H32ClN3O3Si.CH4.H2/c1-17-10-12-20(13-11-17)25-30-31-26(32-25)22(19(3)33-34(8,9)27(4,5)6)16-21-14-15-23(29-7)24(28)18(21)2;1-16-19(11-14-22(28-6)23(16)27)15-21(17(2)33-34(7,8)26(3,4)5)25-30-29-24(32-25)18-9-12-20(31)13-10-18;;/h10-15,19,22H,16H2,1-6,8-9H3;9-14,17,21,31H,15H2,1-5,7-8H3;1H4;1H/t19-,22+;17-,21+;;/m00../s1/i;;;1+1D. The average molecular weight is 1010 g/mol. The summed E-state index contributed by atoms with van der Waals surface area (Å²) in [6.45, 7) is 47.0. The summed E-state index contributed by atoms with van der Waals surface area (Å²) in [5.74, 6) is 1.73. The summed E-state index contributed by atoms with van der Waals surface area (Å²) in [4.78, 5) is 7.02. The minimum atomic E-state index is -2.07. The molecule has 6 aromatic rings. The molecule has 0 unspecified atom stereocenters. The first-order valence-electron chi connectivity index (χ1n) is 23.9. The molecule has 4 aromatic carbocycles. The van der Waals surface area contributed by atoms with E-state index in [0.717, 1.165) is 33.4 Å². The lowest BCUT2D eigenvalue weighted by Crippen LogP contribution is -2.44. The van der Waals surface area contributed by atoms with Crippen molar-refractivity contribution in [3.8, 4) is 28.7 Å². The number of phenolic OH excluding ortho intramolecular Hbond substituents is 1. The summed E-state index contributed by atoms with van der Waals surface area (Å²) < 4.78 is 35.8. The molecule has 0 aliphatic rings. The second-order valence-electron chi connectivity index (χ2n) is 20.7. The Labute approximate surface area is 426 Å². The van der Waals surface area contributed by atoms with Gasteiger partial charge in [0.05, 0.1) is 47.2 Å². The van der Waals surface area contributed by atoms with Crippen LogP contribution in [0.4, 0.5) is 11.4 Å². The lowest BCUT2D eigenvalue weighted by atomic mass is 9.92. The van der Waals surface area contributed by atoms with Crippen LogP contribution in [-0.4, -0.2) is 54.3 Å². The molecule has 0 saturated heterocycles. The topological polar surface area (TPSA) is 125 Å². The van der Waals surface area contributed by atoms with Gasteiger partial charge in [-0.1, -0.05) is 114 Å². The maximum Gasteiger partial charge on any atom is 0.247 e. The third-order valence-corrected chi connectivity index (χ3v) is 23.8. The highest BCUT2D eigenvalue weighted by atomic mass is 35.5. The smallest absolute Gasteiger partial charge is 0.247 e. The molecule has 0 aliphatic carbocycles. The van der Waals surface area contributed by atoms with E-state index in [1.54, 1.807) is 36.4 Å². The van der Waals surface area contributed by atoms with Crippen LogP contribution in [0.15, 0.2) is 81.6 Å². The Balaban J connectivity index is 0.000000358. The van der Waals surface area contributed by atoms with Crippen molar-refractivity contribution in [1.29, 1.82) is 0 Å². The number of halogens is 2. The summed E-state index contributed by atoms with van der Waals surface area (Å²) in [6.07, 6.45) is 0.866. The second-order valence-corrected chi connectivity index (χ2v) is 30.9. The Hall–Kier alpha value is -5.13. The van der Waals surface area contributed by atoms with Crippen molar-refractivity contribution in [2.24, 2.45) is 0 Å². The molecular weight excluding hydrogens is 940 g/mol. The SMILES string of the molecule is C.[2H][2H].[C-]#[N+]c1ccc(C[C@@H](c2nnc(-c3ccc(C)cc3)o2)[C@H](C)O[Si](C)(C)C(C)(C)C)c(C)c1Cl.[C-]#[N+]c1ccc(C[C@@H](c2nnc(-c3ccc(O)cc3)o2)[C@H](C)O[Si](C)(C)C(C)(C)C)c(C)c1Cl. The molecule has 0 amide bonds. The van der Waals surface area contributed by atoms with E-state index in [4.69, 9.17) is 57.0 Å². The van der Waals surface area contributed by atoms with Gasteiger partial charge in [-0.2, -0.15) is 0 Å². The number of aromatic hydroxyl groups is 1. The zero-order chi connectivity index (χ0) is 52.5. The Bertz CT molecular complexity index is 2590. The van der Waals surface area contributed by atoms with E-state index >= 15 is 0 Å². The van der Waals surface area contributed by atoms with Crippen LogP contribution in [0, 0.1) is 33.9 Å². The van der Waals surface area contributed by atoms with Crippen LogP contribution >= 0.6 is 23.2 Å². The van der Waals surface area contributed by atoms with Crippen LogP contribution in [-0.2, 0) is 21.7 Å². The molecule has 0 radical (unpaired) electrons. The van der Waals surface area contributed by atoms with Gasteiger partial charge in [0.25, 0.3) is 0 Å². The second kappa shape index (κ2) is 22.7. The zero-order valence-corrected chi connectivity index (χ0v) is 45.7. The van der Waals surface area contributed by atoms with E-state index in [9.17, 15) is 5.11 Å². The van der Waals surface area contributed by atoms with Gasteiger partial charge in [0.15, 0.2) is 16.6 Å². The number of benzene rings is 4. The van der Waals surface area contributed by atoms with Crippen molar-refractivity contribution in [3.63, 3.8) is 0 Å². The van der Waals surface area contributed by atoms with Gasteiger partial charge in [-0.15, -0.1) is 20.4 Å². The van der Waals surface area contributed by atoms with Crippen LogP contribution in [0.5, 0.6) is 5.75 Å². The predicted molar refractivity (Wildman–Crippen MR) is 288 cm³/mol. The number of aryl methyl sites for hydroxylation is 1. The summed E-state index contributed by atoms with van der Waals surface area (Å²) in [5.41, 5.74) is 7.53. The molecule has 6 rings (SSSR count). The number of hydrogen-bond acceptors (Lipinski definition) is 9. The number of aromatic nitrogens is 4. The van der Waals surface area contributed by atoms with Gasteiger partial charge in [0.2, 0.25) is 34.9 Å². The molecule has 0 spiro atoms. The van der Waals surface area contributed by atoms with Gasteiger partial charge in [-0.25, -0.2) is 9.69 Å². The molecule has 0 fully saturated rings. The third-order valence-electron chi connectivity index (χ3n) is 13.7. The molecule has 0 aliphatic heterocycles. The van der Waals surface area contributed by atoms with Crippen molar-refractivity contribution in [2.45, 2.75) is 157 Å². The molecule has 1 N–H and O–H groups in total. The van der Waals surface area contributed by atoms with Gasteiger partial charge >= 0.3 is 0 Å². The quantitative estimate of drug-likeness (QED) is 0.0838. The van der Waals surface area contributed by atoms with Crippen molar-refractivity contribution in [1.82, 2.24) is 20.4 Å². The van der Waals surface area contributed by atoms with Crippen molar-refractivity contribution in [2.75, 3.05) is 0 Å². The third kappa shape index (κ3) is 13.6. The van der Waals surface area contributed by atoms with Crippen molar-refractivity contribution in [3.05, 3.63) is 145 Å². The predicted octanol–water partition coefficient (Wildman–Crippen LogP) is 16.9. The van der Waals surface area contributed by atoms with Crippen molar-refractivity contribution < 1.29 is 25.8 Å². The van der Waals surface area contributed by atoms with E-state index in [-0.39, 0.29) is 47.3 Å². The first-order valence-corrected chi connectivity index (χ1v) is 29.4. The van der Waals surface area contributed by atoms with Crippen LogP contribution in [0.2, 0.25) is 46.3 Å². The maximum absolute atomic E-state index is 9.58. The molecule has 15 heteroatoms. The number of nitrogens with zero attached hydrogens (tertiary/aromatic N) is 6. The molecule has 0 saturated carbocycles. The fraction of sp³-hybridized carbons (Fsp3) is 0.444. The molecule has 2 aromatic heterocycles. The highest BCUT2D eigenvalue weighted by Gasteiger charge is 2.42. The minimum absolute atomic E-state index is 0. The van der Waals surface area contributed by atoms with Gasteiger partial charge in [-0.3, -0.25) is 0 Å². The van der Waals surface area contributed by atoms with Gasteiger partial charge < -0.3 is 22.8 Å². The van der Waals surface area contributed by atoms with Crippen LogP contribution < -0.4 is 0 Å². The summed E-state index contributed by atoms with van der Waals surface area (Å²) >= 11 is 12.9. The first-order chi connectivity index (χ1) is 32.7. The Kier molecular flexibility index (Phi) is 18.1. The van der Waals surface area contributed by atoms with Gasteiger partial charge in [-0.05, 0) is 142 Å². The van der Waals surface area contributed by atoms with Crippen LogP contribution in [0.3, 0.4) is 0 Å². The largest absolute Gasteiger partial charge is 0.508 e. The Morgan fingerprint density at radius 1 is 0.623 bits per heavy atom. The lowest BCUT2D eigenvalue weighted by Gasteiger charge is -2.40. The normalized spacial score (nSPS) is 13.9. The number of phenols is 1. The molecule has 11 nitrogen and oxygen atoms in total. The highest BCUT2D eigenvalue weighted by molar-refractivity contribution is 6.74. The van der Waals surface area contributed by atoms with Crippen molar-refractivity contribution >= 4 is 51.2 Å². The van der Waals surface area contributed by atoms with Crippen LogP contribution in [0.25, 0.3) is 32.6 Å². The summed E-state index contributed by atoms with van der Waals surface area (Å²) in [5, 5.41) is 28.1. The summed E-state index contributed by atoms with van der Waals surface area (Å²) in [7, 11) is -4.11. The lowest BCUT2D eigenvalue weighted by molar-refractivity contribution is 0.154. The van der Waals surface area contributed by atoms with Gasteiger partial charge in [0, 0.05) is 14.1 Å². The molecule has 2 heterocycles. The van der Waals surface area contributed by atoms with E-state index in [1.165, 1.54) is 5.56 Å².